The summed E-state index contributed by atoms with van der Waals surface area (Å²) in [5, 5.41) is 8.06. The summed E-state index contributed by atoms with van der Waals surface area (Å²) in [6.07, 6.45) is 8.95. The molecule has 0 fully saturated rings. The maximum absolute atomic E-state index is 2.38. The first kappa shape index (κ1) is 12.3. The Morgan fingerprint density at radius 1 is 0.583 bits per heavy atom. The second kappa shape index (κ2) is 4.24. The summed E-state index contributed by atoms with van der Waals surface area (Å²) >= 11 is 0. The number of benzene rings is 4. The van der Waals surface area contributed by atoms with Crippen LogP contribution in [0.15, 0.2) is 66.7 Å². The average Bonchev–Trinajstić information content (AvgIpc) is 3.25. The van der Waals surface area contributed by atoms with Gasteiger partial charge in [0.1, 0.15) is 0 Å². The maximum atomic E-state index is 2.38. The predicted octanol–water partition coefficient (Wildman–Crippen LogP) is 4.61. The summed E-state index contributed by atoms with van der Waals surface area (Å²) in [5.41, 5.74) is 5.41. The van der Waals surface area contributed by atoms with Crippen LogP contribution in [0.4, 0.5) is 0 Å². The quantitative estimate of drug-likeness (QED) is 0.366. The Morgan fingerprint density at radius 2 is 1.46 bits per heavy atom. The predicted molar refractivity (Wildman–Crippen MR) is 103 cm³/mol. The Kier molecular flexibility index (Phi) is 2.18. The Hall–Kier alpha value is -3.12. The third-order valence-corrected chi connectivity index (χ3v) is 5.41. The van der Waals surface area contributed by atoms with Gasteiger partial charge in [0.2, 0.25) is 0 Å². The zero-order chi connectivity index (χ0) is 15.7. The van der Waals surface area contributed by atoms with Gasteiger partial charge in [-0.2, -0.15) is 0 Å². The minimum atomic E-state index is 1.30. The fourth-order valence-electron chi connectivity index (χ4n) is 4.27. The molecule has 0 atom stereocenters. The molecule has 0 amide bonds. The van der Waals surface area contributed by atoms with E-state index in [1.54, 1.807) is 0 Å². The summed E-state index contributed by atoms with van der Waals surface area (Å²) in [6, 6.07) is 22.3. The zero-order valence-corrected chi connectivity index (χ0v) is 13.1. The number of fused-ring (bicyclic) bond motifs is 9. The molecule has 0 unspecified atom stereocenters. The molecule has 0 heterocycles. The van der Waals surface area contributed by atoms with Crippen molar-refractivity contribution in [3.63, 3.8) is 0 Å². The lowest BCUT2D eigenvalue weighted by atomic mass is 9.95. The molecule has 0 bridgehead atoms. The van der Waals surface area contributed by atoms with Gasteiger partial charge in [-0.15, -0.1) is 0 Å². The monoisotopic (exact) mass is 302 g/mol. The molecule has 110 valence electrons. The van der Waals surface area contributed by atoms with Gasteiger partial charge >= 0.3 is 0 Å². The van der Waals surface area contributed by atoms with Gasteiger partial charge in [-0.25, -0.2) is 0 Å². The van der Waals surface area contributed by atoms with Crippen molar-refractivity contribution in [1.82, 2.24) is 0 Å². The molecule has 0 radical (unpaired) electrons. The smallest absolute Gasteiger partial charge is 0.00926 e. The highest BCUT2D eigenvalue weighted by atomic mass is 14.2. The van der Waals surface area contributed by atoms with Crippen molar-refractivity contribution in [2.45, 2.75) is 0 Å². The highest BCUT2D eigenvalue weighted by molar-refractivity contribution is 6.12. The molecule has 0 saturated heterocycles. The fourth-order valence-corrected chi connectivity index (χ4v) is 4.27. The molecule has 0 heteroatoms. The molecule has 0 saturated carbocycles. The summed E-state index contributed by atoms with van der Waals surface area (Å²) in [7, 11) is 0. The Bertz CT molecular complexity index is 1330. The molecule has 2 aliphatic carbocycles. The summed E-state index contributed by atoms with van der Waals surface area (Å²) < 4.78 is 0. The van der Waals surface area contributed by atoms with Gasteiger partial charge in [0, 0.05) is 0 Å². The van der Waals surface area contributed by atoms with Crippen LogP contribution in [0.1, 0.15) is 11.1 Å². The fraction of sp³-hybridized carbons (Fsp3) is 0. The zero-order valence-electron chi connectivity index (χ0n) is 13.1. The van der Waals surface area contributed by atoms with E-state index in [9.17, 15) is 0 Å². The Balaban J connectivity index is 1.79. The minimum absolute atomic E-state index is 1.30. The van der Waals surface area contributed by atoms with E-state index in [1.807, 2.05) is 0 Å². The summed E-state index contributed by atoms with van der Waals surface area (Å²) in [6.45, 7) is 0. The molecule has 0 aliphatic heterocycles. The van der Waals surface area contributed by atoms with Crippen LogP contribution in [0.25, 0.3) is 50.9 Å². The molecule has 24 heavy (non-hydrogen) atoms. The molecule has 6 rings (SSSR count). The molecule has 0 spiro atoms. The molecule has 0 aromatic heterocycles. The van der Waals surface area contributed by atoms with Crippen LogP contribution in [0.2, 0.25) is 0 Å². The highest BCUT2D eigenvalue weighted by Gasteiger charge is 2.17. The molecule has 0 nitrogen and oxygen atoms in total. The van der Waals surface area contributed by atoms with Crippen LogP contribution >= 0.6 is 0 Å². The molecule has 4 aromatic carbocycles. The average molecular weight is 302 g/mol. The SMILES string of the molecule is C1=Cc2ccc3c(c2=C1)=Cc1c-3ccc2c1ccc1ccccc12. The van der Waals surface area contributed by atoms with Crippen LogP contribution in [-0.4, -0.2) is 0 Å². The van der Waals surface area contributed by atoms with E-state index in [-0.39, 0.29) is 0 Å². The number of hydrogen-bond acceptors (Lipinski definition) is 0. The van der Waals surface area contributed by atoms with E-state index in [4.69, 9.17) is 0 Å². The molecular weight excluding hydrogens is 288 g/mol. The Morgan fingerprint density at radius 3 is 2.46 bits per heavy atom. The molecule has 2 aliphatic rings. The lowest BCUT2D eigenvalue weighted by Crippen LogP contribution is -2.25. The topological polar surface area (TPSA) is 0 Å². The van der Waals surface area contributed by atoms with E-state index >= 15 is 0 Å². The van der Waals surface area contributed by atoms with Crippen LogP contribution in [0.3, 0.4) is 0 Å². The molecular formula is C24H14. The van der Waals surface area contributed by atoms with E-state index in [0.29, 0.717) is 0 Å². The van der Waals surface area contributed by atoms with E-state index in [0.717, 1.165) is 0 Å². The van der Waals surface area contributed by atoms with Crippen molar-refractivity contribution in [2.75, 3.05) is 0 Å². The first-order chi connectivity index (χ1) is 11.9. The lowest BCUT2D eigenvalue weighted by molar-refractivity contribution is 1.52. The number of rotatable bonds is 0. The van der Waals surface area contributed by atoms with E-state index < -0.39 is 0 Å². The van der Waals surface area contributed by atoms with Crippen molar-refractivity contribution in [2.24, 2.45) is 0 Å². The second-order valence-corrected chi connectivity index (χ2v) is 6.61. The van der Waals surface area contributed by atoms with E-state index in [2.05, 4.69) is 85.0 Å². The Labute approximate surface area is 139 Å². The van der Waals surface area contributed by atoms with Crippen molar-refractivity contribution in [3.05, 3.63) is 88.3 Å². The van der Waals surface area contributed by atoms with Gasteiger partial charge in [0.25, 0.3) is 0 Å². The van der Waals surface area contributed by atoms with Crippen LogP contribution in [0, 0.1) is 0 Å². The summed E-state index contributed by atoms with van der Waals surface area (Å²) in [4.78, 5) is 0. The molecule has 0 N–H and O–H groups in total. The van der Waals surface area contributed by atoms with Gasteiger partial charge in [0.05, 0.1) is 0 Å². The first-order valence-corrected chi connectivity index (χ1v) is 8.38. The first-order valence-electron chi connectivity index (χ1n) is 8.38. The van der Waals surface area contributed by atoms with Gasteiger partial charge in [0.15, 0.2) is 0 Å². The van der Waals surface area contributed by atoms with Gasteiger partial charge in [-0.05, 0) is 60.3 Å². The van der Waals surface area contributed by atoms with Crippen LogP contribution in [0.5, 0.6) is 0 Å². The third kappa shape index (κ3) is 1.43. The highest BCUT2D eigenvalue weighted by Crippen LogP contribution is 2.35. The summed E-state index contributed by atoms with van der Waals surface area (Å²) in [5.74, 6) is 0. The maximum Gasteiger partial charge on any atom is -0.00926 e. The largest absolute Gasteiger partial charge is 0.0616 e. The third-order valence-electron chi connectivity index (χ3n) is 5.41. The van der Waals surface area contributed by atoms with Gasteiger partial charge in [-0.1, -0.05) is 78.9 Å². The van der Waals surface area contributed by atoms with Crippen molar-refractivity contribution < 1.29 is 0 Å². The number of allylic oxidation sites excluding steroid dienone is 1. The van der Waals surface area contributed by atoms with Crippen molar-refractivity contribution >= 4 is 39.8 Å². The van der Waals surface area contributed by atoms with Gasteiger partial charge < -0.3 is 0 Å². The molecule has 4 aromatic rings. The standard InChI is InChI=1S/C24H14/c1-2-6-17-15(4-1)8-10-20-19(17)12-13-22-21-11-9-16-5-3-7-18(16)23(21)14-24(20)22/h1-14H. The lowest BCUT2D eigenvalue weighted by Gasteiger charge is -2.09. The van der Waals surface area contributed by atoms with Gasteiger partial charge in [-0.3, -0.25) is 0 Å². The normalized spacial score (nSPS) is 13.5. The minimum Gasteiger partial charge on any atom is -0.0616 e. The second-order valence-electron chi connectivity index (χ2n) is 6.61. The van der Waals surface area contributed by atoms with Crippen molar-refractivity contribution in [1.29, 1.82) is 0 Å². The van der Waals surface area contributed by atoms with Crippen molar-refractivity contribution in [3.8, 4) is 11.1 Å². The van der Waals surface area contributed by atoms with E-state index in [1.165, 1.54) is 54.2 Å². The number of hydrogen-bond donors (Lipinski definition) is 0. The van der Waals surface area contributed by atoms with Crippen LogP contribution in [-0.2, 0) is 0 Å². The van der Waals surface area contributed by atoms with Crippen LogP contribution < -0.4 is 10.4 Å².